The Morgan fingerprint density at radius 2 is 1.78 bits per heavy atom. The summed E-state index contributed by atoms with van der Waals surface area (Å²) in [4.78, 5) is 28.1. The molecule has 204 valence electrons. The number of hydrogen-bond acceptors (Lipinski definition) is 5. The minimum atomic E-state index is -3.59. The Balaban J connectivity index is 2.24. The maximum absolute atomic E-state index is 13.5. The molecule has 2 aromatic carbocycles. The second kappa shape index (κ2) is 14.2. The van der Waals surface area contributed by atoms with Crippen LogP contribution in [0.25, 0.3) is 0 Å². The average Bonchev–Trinajstić information content (AvgIpc) is 2.86. The van der Waals surface area contributed by atoms with Crippen molar-refractivity contribution in [1.29, 1.82) is 0 Å². The molecule has 2 amide bonds. The predicted molar refractivity (Wildman–Crippen MR) is 148 cm³/mol. The lowest BCUT2D eigenvalue weighted by molar-refractivity contribution is -0.141. The van der Waals surface area contributed by atoms with Crippen LogP contribution in [0.15, 0.2) is 48.5 Å². The lowest BCUT2D eigenvalue weighted by Gasteiger charge is -2.32. The van der Waals surface area contributed by atoms with Crippen LogP contribution < -0.4 is 14.4 Å². The molecule has 2 unspecified atom stereocenters. The summed E-state index contributed by atoms with van der Waals surface area (Å²) in [5.41, 5.74) is 1.20. The van der Waals surface area contributed by atoms with Crippen LogP contribution in [0.2, 0.25) is 5.02 Å². The van der Waals surface area contributed by atoms with Crippen LogP contribution in [0.1, 0.15) is 52.0 Å². The normalized spacial score (nSPS) is 12.9. The van der Waals surface area contributed by atoms with E-state index in [0.717, 1.165) is 18.2 Å². The van der Waals surface area contributed by atoms with Gasteiger partial charge in [-0.3, -0.25) is 13.9 Å². The number of ether oxygens (including phenoxy) is 1. The zero-order valence-electron chi connectivity index (χ0n) is 22.2. The van der Waals surface area contributed by atoms with Gasteiger partial charge in [-0.1, -0.05) is 49.7 Å². The summed E-state index contributed by atoms with van der Waals surface area (Å²) >= 11 is 6.37. The minimum absolute atomic E-state index is 0.0231. The van der Waals surface area contributed by atoms with Crippen molar-refractivity contribution in [3.63, 3.8) is 0 Å². The Hall–Kier alpha value is -2.78. The number of nitrogens with one attached hydrogen (secondary N) is 1. The monoisotopic (exact) mass is 551 g/mol. The molecule has 2 aromatic rings. The molecule has 1 N–H and O–H groups in total. The molecule has 2 atom stereocenters. The Bertz CT molecular complexity index is 1160. The number of sulfonamides is 1. The van der Waals surface area contributed by atoms with E-state index < -0.39 is 16.1 Å². The van der Waals surface area contributed by atoms with Gasteiger partial charge in [0.2, 0.25) is 21.8 Å². The van der Waals surface area contributed by atoms with E-state index in [2.05, 4.69) is 5.32 Å². The standard InChI is InChI=1S/C27H38ClN3O5S/c1-6-20(3)29-27(33)25(7-2)30(19-21-12-8-9-15-24(21)28)26(32)16-11-17-31(37(5,34)35)22-13-10-14-23(18-22)36-4/h8-10,12-15,18,20,25H,6-7,11,16-17,19H2,1-5H3,(H,29,33). The average molecular weight is 552 g/mol. The molecule has 0 spiro atoms. The number of nitrogens with zero attached hydrogens (tertiary/aromatic N) is 2. The zero-order chi connectivity index (χ0) is 27.6. The summed E-state index contributed by atoms with van der Waals surface area (Å²) in [6, 6.07) is 13.3. The molecule has 0 bridgehead atoms. The van der Waals surface area contributed by atoms with E-state index in [9.17, 15) is 18.0 Å². The smallest absolute Gasteiger partial charge is 0.243 e. The van der Waals surface area contributed by atoms with Crippen molar-refractivity contribution in [2.45, 2.75) is 65.1 Å². The van der Waals surface area contributed by atoms with Gasteiger partial charge in [0.25, 0.3) is 0 Å². The number of anilines is 1. The zero-order valence-corrected chi connectivity index (χ0v) is 23.8. The van der Waals surface area contributed by atoms with Gasteiger partial charge in [-0.15, -0.1) is 0 Å². The van der Waals surface area contributed by atoms with Crippen molar-refractivity contribution >= 4 is 39.1 Å². The fourth-order valence-electron chi connectivity index (χ4n) is 3.94. The molecule has 0 saturated carbocycles. The highest BCUT2D eigenvalue weighted by Gasteiger charge is 2.30. The summed E-state index contributed by atoms with van der Waals surface area (Å²) in [7, 11) is -2.08. The fourth-order valence-corrected chi connectivity index (χ4v) is 5.09. The third-order valence-corrected chi connectivity index (χ3v) is 7.74. The van der Waals surface area contributed by atoms with Gasteiger partial charge in [-0.05, 0) is 49.9 Å². The minimum Gasteiger partial charge on any atom is -0.497 e. The van der Waals surface area contributed by atoms with Crippen molar-refractivity contribution in [2.24, 2.45) is 0 Å². The maximum atomic E-state index is 13.5. The van der Waals surface area contributed by atoms with E-state index in [0.29, 0.717) is 22.9 Å². The molecule has 0 radical (unpaired) electrons. The third kappa shape index (κ3) is 8.93. The first-order valence-electron chi connectivity index (χ1n) is 12.5. The highest BCUT2D eigenvalue weighted by Crippen LogP contribution is 2.24. The number of methoxy groups -OCH3 is 1. The summed E-state index contributed by atoms with van der Waals surface area (Å²) in [6.45, 7) is 6.05. The number of rotatable bonds is 14. The molecular formula is C27H38ClN3O5S. The van der Waals surface area contributed by atoms with Gasteiger partial charge in [-0.2, -0.15) is 0 Å². The molecule has 0 aliphatic carbocycles. The first-order valence-corrected chi connectivity index (χ1v) is 14.7. The molecule has 2 rings (SSSR count). The quantitative estimate of drug-likeness (QED) is 0.370. The fraction of sp³-hybridized carbons (Fsp3) is 0.481. The molecule has 8 nitrogen and oxygen atoms in total. The Morgan fingerprint density at radius 3 is 2.38 bits per heavy atom. The summed E-state index contributed by atoms with van der Waals surface area (Å²) in [5.74, 6) is 0.0720. The Labute approximate surface area is 226 Å². The molecule has 0 heterocycles. The topological polar surface area (TPSA) is 96.0 Å². The Kier molecular flexibility index (Phi) is 11.7. The summed E-state index contributed by atoms with van der Waals surface area (Å²) in [5, 5.41) is 3.49. The van der Waals surface area contributed by atoms with Crippen molar-refractivity contribution in [3.05, 3.63) is 59.1 Å². The number of halogens is 1. The van der Waals surface area contributed by atoms with Gasteiger partial charge in [0.05, 0.1) is 19.1 Å². The highest BCUT2D eigenvalue weighted by molar-refractivity contribution is 7.92. The molecule has 10 heteroatoms. The SMILES string of the molecule is CCC(C)NC(=O)C(CC)N(Cc1ccccc1Cl)C(=O)CCCN(c1cccc(OC)c1)S(C)(=O)=O. The molecule has 0 aliphatic rings. The highest BCUT2D eigenvalue weighted by atomic mass is 35.5. The largest absolute Gasteiger partial charge is 0.497 e. The van der Waals surface area contributed by atoms with Crippen LogP contribution in [0, 0.1) is 0 Å². The molecule has 0 aliphatic heterocycles. The number of benzene rings is 2. The summed E-state index contributed by atoms with van der Waals surface area (Å²) < 4.78 is 31.5. The van der Waals surface area contributed by atoms with Crippen molar-refractivity contribution in [1.82, 2.24) is 10.2 Å². The predicted octanol–water partition coefficient (Wildman–Crippen LogP) is 4.62. The van der Waals surface area contributed by atoms with Crippen LogP contribution in [-0.2, 0) is 26.2 Å². The van der Waals surface area contributed by atoms with E-state index in [1.807, 2.05) is 39.0 Å². The van der Waals surface area contributed by atoms with E-state index in [4.69, 9.17) is 16.3 Å². The first-order chi connectivity index (χ1) is 17.5. The first kappa shape index (κ1) is 30.4. The number of carbonyl (C=O) groups excluding carboxylic acids is 2. The Morgan fingerprint density at radius 1 is 1.08 bits per heavy atom. The van der Waals surface area contributed by atoms with Crippen molar-refractivity contribution in [2.75, 3.05) is 24.2 Å². The molecule has 0 saturated heterocycles. The number of carbonyl (C=O) groups is 2. The number of amides is 2. The van der Waals surface area contributed by atoms with Crippen molar-refractivity contribution < 1.29 is 22.7 Å². The van der Waals surface area contributed by atoms with Crippen LogP contribution in [0.5, 0.6) is 5.75 Å². The van der Waals surface area contributed by atoms with Gasteiger partial charge in [-0.25, -0.2) is 8.42 Å². The lowest BCUT2D eigenvalue weighted by Crippen LogP contribution is -2.50. The van der Waals surface area contributed by atoms with Crippen LogP contribution >= 0.6 is 11.6 Å². The second-order valence-corrected chi connectivity index (χ2v) is 11.3. The van der Waals surface area contributed by atoms with Gasteiger partial charge in [0.15, 0.2) is 0 Å². The molecule has 37 heavy (non-hydrogen) atoms. The second-order valence-electron chi connectivity index (χ2n) is 9.00. The molecule has 0 aromatic heterocycles. The van der Waals surface area contributed by atoms with Crippen LogP contribution in [0.4, 0.5) is 5.69 Å². The van der Waals surface area contributed by atoms with Crippen molar-refractivity contribution in [3.8, 4) is 5.75 Å². The summed E-state index contributed by atoms with van der Waals surface area (Å²) in [6.07, 6.45) is 2.66. The van der Waals surface area contributed by atoms with Gasteiger partial charge < -0.3 is 15.0 Å². The van der Waals surface area contributed by atoms with E-state index >= 15 is 0 Å². The van der Waals surface area contributed by atoms with Gasteiger partial charge >= 0.3 is 0 Å². The maximum Gasteiger partial charge on any atom is 0.243 e. The lowest BCUT2D eigenvalue weighted by atomic mass is 10.1. The third-order valence-electron chi connectivity index (χ3n) is 6.18. The number of hydrogen-bond donors (Lipinski definition) is 1. The van der Waals surface area contributed by atoms with Crippen LogP contribution in [-0.4, -0.2) is 57.1 Å². The van der Waals surface area contributed by atoms with Crippen LogP contribution in [0.3, 0.4) is 0 Å². The molecular weight excluding hydrogens is 514 g/mol. The van der Waals surface area contributed by atoms with E-state index in [1.165, 1.54) is 11.4 Å². The van der Waals surface area contributed by atoms with E-state index in [-0.39, 0.29) is 43.8 Å². The van der Waals surface area contributed by atoms with E-state index in [1.54, 1.807) is 35.2 Å². The molecule has 0 fully saturated rings. The van der Waals surface area contributed by atoms with Gasteiger partial charge in [0, 0.05) is 36.6 Å². The van der Waals surface area contributed by atoms with Gasteiger partial charge in [0.1, 0.15) is 11.8 Å².